The highest BCUT2D eigenvalue weighted by molar-refractivity contribution is 5.70. The van der Waals surface area contributed by atoms with Crippen molar-refractivity contribution in [3.8, 4) is 0 Å². The second-order valence-electron chi connectivity index (χ2n) is 14.2. The fourth-order valence-electron chi connectivity index (χ4n) is 6.67. The maximum absolute atomic E-state index is 13.3. The zero-order valence-electron chi connectivity index (χ0n) is 31.3. The third-order valence-corrected chi connectivity index (χ3v) is 9.51. The lowest BCUT2D eigenvalue weighted by molar-refractivity contribution is -0.184. The summed E-state index contributed by atoms with van der Waals surface area (Å²) in [7, 11) is 0. The standard InChI is InChI=1S/C44H49N5O6/c1-31(2)24-45-44-47-42-39(43(50)48-44)46-30-49(42)38-23-36(52-26-33-17-9-4-10-18-33)40(53-27-34-19-11-5-12-20-34)41(54-28-35-21-13-6-14-22-35)37(55-38)29-51-25-32-15-7-3-8-16-32/h3-22,30-31,36-38,40-41H,23-29H2,1-2H3,(H2,45,47,48,50)/t36-,37+,38?,40+,41+/m0/s1. The van der Waals surface area contributed by atoms with Crippen LogP contribution in [0.2, 0.25) is 0 Å². The van der Waals surface area contributed by atoms with E-state index in [1.807, 2.05) is 126 Å². The Morgan fingerprint density at radius 2 is 1.27 bits per heavy atom. The number of imidazole rings is 1. The van der Waals surface area contributed by atoms with Gasteiger partial charge in [0, 0.05) is 13.0 Å². The van der Waals surface area contributed by atoms with Crippen molar-refractivity contribution in [2.24, 2.45) is 5.92 Å². The quantitative estimate of drug-likeness (QED) is 0.0982. The lowest BCUT2D eigenvalue weighted by Crippen LogP contribution is -2.48. The molecule has 0 bridgehead atoms. The minimum atomic E-state index is -0.670. The van der Waals surface area contributed by atoms with Crippen molar-refractivity contribution in [1.82, 2.24) is 19.5 Å². The lowest BCUT2D eigenvalue weighted by Gasteiger charge is -2.34. The van der Waals surface area contributed by atoms with Gasteiger partial charge < -0.3 is 29.0 Å². The molecular weight excluding hydrogens is 695 g/mol. The Kier molecular flexibility index (Phi) is 13.1. The first-order valence-electron chi connectivity index (χ1n) is 18.9. The molecule has 2 aromatic heterocycles. The zero-order chi connectivity index (χ0) is 37.8. The Labute approximate surface area is 321 Å². The molecule has 1 aliphatic heterocycles. The summed E-state index contributed by atoms with van der Waals surface area (Å²) in [6.07, 6.45) is -1.06. The predicted molar refractivity (Wildman–Crippen MR) is 211 cm³/mol. The molecule has 3 heterocycles. The van der Waals surface area contributed by atoms with Crippen molar-refractivity contribution in [3.63, 3.8) is 0 Å². The summed E-state index contributed by atoms with van der Waals surface area (Å²) in [5.41, 5.74) is 4.39. The first-order valence-corrected chi connectivity index (χ1v) is 18.9. The number of fused-ring (bicyclic) bond motifs is 1. The molecular formula is C44H49N5O6. The smallest absolute Gasteiger partial charge is 0.280 e. The van der Waals surface area contributed by atoms with E-state index in [0.29, 0.717) is 56.9 Å². The van der Waals surface area contributed by atoms with Gasteiger partial charge in [-0.15, -0.1) is 0 Å². The van der Waals surface area contributed by atoms with Crippen LogP contribution >= 0.6 is 0 Å². The fraction of sp³-hybridized carbons (Fsp3) is 0.341. The number of anilines is 1. The van der Waals surface area contributed by atoms with Gasteiger partial charge in [-0.2, -0.15) is 4.98 Å². The maximum atomic E-state index is 13.3. The van der Waals surface area contributed by atoms with Crippen molar-refractivity contribution in [2.45, 2.75) is 77.3 Å². The summed E-state index contributed by atoms with van der Waals surface area (Å²) in [4.78, 5) is 25.5. The molecule has 286 valence electrons. The van der Waals surface area contributed by atoms with Crippen LogP contribution < -0.4 is 10.9 Å². The van der Waals surface area contributed by atoms with Crippen LogP contribution in [0.5, 0.6) is 0 Å². The van der Waals surface area contributed by atoms with Gasteiger partial charge in [-0.1, -0.05) is 135 Å². The van der Waals surface area contributed by atoms with Gasteiger partial charge in [0.2, 0.25) is 5.95 Å². The van der Waals surface area contributed by atoms with Gasteiger partial charge in [0.25, 0.3) is 5.56 Å². The van der Waals surface area contributed by atoms with Crippen LogP contribution in [0, 0.1) is 5.92 Å². The Morgan fingerprint density at radius 1 is 0.745 bits per heavy atom. The second kappa shape index (κ2) is 18.9. The number of hydrogen-bond donors (Lipinski definition) is 2. The molecule has 0 radical (unpaired) electrons. The van der Waals surface area contributed by atoms with E-state index in [1.54, 1.807) is 6.33 Å². The molecule has 1 aliphatic rings. The molecule has 55 heavy (non-hydrogen) atoms. The van der Waals surface area contributed by atoms with Crippen LogP contribution in [-0.2, 0) is 50.1 Å². The highest BCUT2D eigenvalue weighted by Gasteiger charge is 2.45. The summed E-state index contributed by atoms with van der Waals surface area (Å²) in [5.74, 6) is 0.713. The molecule has 7 rings (SSSR count). The summed E-state index contributed by atoms with van der Waals surface area (Å²) < 4.78 is 35.9. The molecule has 0 saturated carbocycles. The van der Waals surface area contributed by atoms with E-state index < -0.39 is 30.6 Å². The highest BCUT2D eigenvalue weighted by atomic mass is 16.6. The second-order valence-corrected chi connectivity index (χ2v) is 14.2. The SMILES string of the molecule is CC(C)CNc1nc2c(ncn2C2C[C@H](OCc3ccccc3)[C@@H](OCc3ccccc3)[C@H](OCc3ccccc3)[C@@H](COCc3ccccc3)O2)c(=O)[nH]1. The van der Waals surface area contributed by atoms with Crippen LogP contribution in [0.15, 0.2) is 132 Å². The molecule has 2 N–H and O–H groups in total. The number of benzene rings is 4. The zero-order valence-corrected chi connectivity index (χ0v) is 31.3. The van der Waals surface area contributed by atoms with Crippen molar-refractivity contribution in [2.75, 3.05) is 18.5 Å². The first-order chi connectivity index (χ1) is 27.0. The largest absolute Gasteiger partial charge is 0.374 e. The van der Waals surface area contributed by atoms with Crippen LogP contribution in [0.4, 0.5) is 5.95 Å². The molecule has 0 amide bonds. The molecule has 11 heteroatoms. The van der Waals surface area contributed by atoms with Crippen LogP contribution in [-0.4, -0.2) is 57.1 Å². The van der Waals surface area contributed by atoms with E-state index in [1.165, 1.54) is 0 Å². The Balaban J connectivity index is 1.28. The monoisotopic (exact) mass is 743 g/mol. The molecule has 6 aromatic rings. The van der Waals surface area contributed by atoms with Crippen molar-refractivity contribution in [3.05, 3.63) is 160 Å². The van der Waals surface area contributed by atoms with Gasteiger partial charge in [0.1, 0.15) is 24.5 Å². The van der Waals surface area contributed by atoms with E-state index in [9.17, 15) is 4.79 Å². The van der Waals surface area contributed by atoms with Crippen molar-refractivity contribution < 1.29 is 23.7 Å². The third-order valence-electron chi connectivity index (χ3n) is 9.51. The van der Waals surface area contributed by atoms with E-state index in [-0.39, 0.29) is 17.7 Å². The van der Waals surface area contributed by atoms with Gasteiger partial charge in [0.15, 0.2) is 11.2 Å². The molecule has 11 nitrogen and oxygen atoms in total. The Morgan fingerprint density at radius 3 is 1.84 bits per heavy atom. The van der Waals surface area contributed by atoms with Gasteiger partial charge in [-0.05, 0) is 28.2 Å². The van der Waals surface area contributed by atoms with Crippen molar-refractivity contribution >= 4 is 17.1 Å². The minimum absolute atomic E-state index is 0.198. The van der Waals surface area contributed by atoms with Gasteiger partial charge in [-0.25, -0.2) is 4.98 Å². The van der Waals surface area contributed by atoms with Gasteiger partial charge >= 0.3 is 0 Å². The summed E-state index contributed by atoms with van der Waals surface area (Å²) in [6.45, 7) is 6.40. The number of aromatic amines is 1. The molecule has 1 unspecified atom stereocenters. The molecule has 1 fully saturated rings. The first kappa shape index (κ1) is 38.1. The lowest BCUT2D eigenvalue weighted by atomic mass is 10.0. The van der Waals surface area contributed by atoms with Crippen molar-refractivity contribution in [1.29, 1.82) is 0 Å². The number of rotatable bonds is 17. The van der Waals surface area contributed by atoms with Crippen LogP contribution in [0.1, 0.15) is 48.8 Å². The number of H-pyrrole nitrogens is 1. The summed E-state index contributed by atoms with van der Waals surface area (Å²) in [5, 5.41) is 3.25. The molecule has 5 atom stereocenters. The molecule has 0 aliphatic carbocycles. The fourth-order valence-corrected chi connectivity index (χ4v) is 6.67. The normalized spacial score (nSPS) is 20.1. The third kappa shape index (κ3) is 10.3. The average molecular weight is 744 g/mol. The predicted octanol–water partition coefficient (Wildman–Crippen LogP) is 7.45. The Bertz CT molecular complexity index is 2100. The number of nitrogens with one attached hydrogen (secondary N) is 2. The summed E-state index contributed by atoms with van der Waals surface area (Å²) in [6, 6.07) is 40.2. The molecule has 0 spiro atoms. The number of nitrogens with zero attached hydrogens (tertiary/aromatic N) is 3. The molecule has 1 saturated heterocycles. The molecule has 4 aromatic carbocycles. The maximum Gasteiger partial charge on any atom is 0.280 e. The van der Waals surface area contributed by atoms with Gasteiger partial charge in [-0.3, -0.25) is 14.3 Å². The van der Waals surface area contributed by atoms with E-state index in [2.05, 4.69) is 29.1 Å². The minimum Gasteiger partial charge on any atom is -0.374 e. The Hall–Kier alpha value is -5.17. The average Bonchev–Trinajstić information content (AvgIpc) is 3.59. The van der Waals surface area contributed by atoms with Crippen LogP contribution in [0.3, 0.4) is 0 Å². The number of hydrogen-bond acceptors (Lipinski definition) is 9. The summed E-state index contributed by atoms with van der Waals surface area (Å²) >= 11 is 0. The number of aromatic nitrogens is 4. The van der Waals surface area contributed by atoms with E-state index in [4.69, 9.17) is 28.7 Å². The van der Waals surface area contributed by atoms with Gasteiger partial charge in [0.05, 0.1) is 45.5 Å². The van der Waals surface area contributed by atoms with Crippen LogP contribution in [0.25, 0.3) is 11.2 Å². The topological polar surface area (TPSA) is 122 Å². The van der Waals surface area contributed by atoms with E-state index >= 15 is 0 Å². The highest BCUT2D eigenvalue weighted by Crippen LogP contribution is 2.35. The number of ether oxygens (including phenoxy) is 5. The van der Waals surface area contributed by atoms with E-state index in [0.717, 1.165) is 22.3 Å².